The van der Waals surface area contributed by atoms with Crippen LogP contribution in [0.4, 0.5) is 4.39 Å². The van der Waals surface area contributed by atoms with Gasteiger partial charge in [-0.2, -0.15) is 0 Å². The number of nitrogens with two attached hydrogens (primary N) is 1. The van der Waals surface area contributed by atoms with Crippen molar-refractivity contribution in [1.29, 1.82) is 0 Å². The Bertz CT molecular complexity index is 342. The molecule has 84 valence electrons. The van der Waals surface area contributed by atoms with Crippen molar-refractivity contribution in [2.75, 3.05) is 0 Å². The van der Waals surface area contributed by atoms with Crippen molar-refractivity contribution in [3.8, 4) is 0 Å². The molecule has 1 atom stereocenters. The summed E-state index contributed by atoms with van der Waals surface area (Å²) < 4.78 is 13.4. The van der Waals surface area contributed by atoms with Gasteiger partial charge in [0.15, 0.2) is 0 Å². The lowest BCUT2D eigenvalue weighted by atomic mass is 9.91. The molecular formula is C12H17ClFN. The van der Waals surface area contributed by atoms with E-state index in [9.17, 15) is 4.39 Å². The maximum Gasteiger partial charge on any atom is 0.124 e. The number of hydrogen-bond donors (Lipinski definition) is 1. The Hall–Kier alpha value is -0.600. The van der Waals surface area contributed by atoms with Crippen LogP contribution in [0.5, 0.6) is 0 Å². The minimum absolute atomic E-state index is 0.353. The molecule has 1 rings (SSSR count). The van der Waals surface area contributed by atoms with Crippen LogP contribution in [0.1, 0.15) is 38.1 Å². The van der Waals surface area contributed by atoms with Gasteiger partial charge < -0.3 is 5.73 Å². The van der Waals surface area contributed by atoms with Crippen molar-refractivity contribution < 1.29 is 4.39 Å². The van der Waals surface area contributed by atoms with E-state index in [1.165, 1.54) is 6.92 Å². The Labute approximate surface area is 95.4 Å². The van der Waals surface area contributed by atoms with Crippen molar-refractivity contribution in [2.24, 2.45) is 5.73 Å². The predicted molar refractivity (Wildman–Crippen MR) is 62.9 cm³/mol. The molecule has 0 fully saturated rings. The smallest absolute Gasteiger partial charge is 0.124 e. The maximum absolute atomic E-state index is 13.4. The zero-order valence-electron chi connectivity index (χ0n) is 9.35. The molecule has 0 radical (unpaired) electrons. The van der Waals surface area contributed by atoms with Crippen molar-refractivity contribution in [2.45, 2.75) is 38.9 Å². The van der Waals surface area contributed by atoms with E-state index in [1.54, 1.807) is 6.07 Å². The molecule has 0 aliphatic heterocycles. The highest BCUT2D eigenvalue weighted by Crippen LogP contribution is 2.30. The molecule has 15 heavy (non-hydrogen) atoms. The molecule has 0 aromatic heterocycles. The van der Waals surface area contributed by atoms with Crippen LogP contribution in [0.15, 0.2) is 18.2 Å². The van der Waals surface area contributed by atoms with E-state index in [0.29, 0.717) is 17.0 Å². The molecule has 0 aliphatic rings. The van der Waals surface area contributed by atoms with Gasteiger partial charge in [0.2, 0.25) is 0 Å². The Morgan fingerprint density at radius 3 is 2.53 bits per heavy atom. The van der Waals surface area contributed by atoms with Crippen molar-refractivity contribution in [3.63, 3.8) is 0 Å². The van der Waals surface area contributed by atoms with Gasteiger partial charge in [0.05, 0.1) is 0 Å². The van der Waals surface area contributed by atoms with E-state index in [-0.39, 0.29) is 5.54 Å². The van der Waals surface area contributed by atoms with E-state index in [2.05, 4.69) is 0 Å². The molecule has 0 bridgehead atoms. The molecule has 0 amide bonds. The summed E-state index contributed by atoms with van der Waals surface area (Å²) in [4.78, 5) is 0. The first-order valence-corrected chi connectivity index (χ1v) is 5.39. The predicted octanol–water partition coefficient (Wildman–Crippen LogP) is 3.65. The molecule has 0 spiro atoms. The monoisotopic (exact) mass is 229 g/mol. The molecule has 1 aromatic carbocycles. The van der Waals surface area contributed by atoms with Crippen molar-refractivity contribution in [3.05, 3.63) is 34.3 Å². The fraction of sp³-hybridized carbons (Fsp3) is 0.500. The third-order valence-corrected chi connectivity index (χ3v) is 2.52. The standard InChI is InChI=1S/C12H17ClFN/c1-8(14)11-9(7-12(2,3)15)5-4-6-10(11)13/h4-6,8H,7,15H2,1-3H3. The van der Waals surface area contributed by atoms with E-state index in [1.807, 2.05) is 26.0 Å². The zero-order valence-corrected chi connectivity index (χ0v) is 10.1. The third kappa shape index (κ3) is 3.47. The Kier molecular flexibility index (Phi) is 3.74. The summed E-state index contributed by atoms with van der Waals surface area (Å²) in [7, 11) is 0. The van der Waals surface area contributed by atoms with Gasteiger partial charge in [-0.05, 0) is 38.8 Å². The summed E-state index contributed by atoms with van der Waals surface area (Å²) in [5.41, 5.74) is 7.03. The van der Waals surface area contributed by atoms with Gasteiger partial charge in [-0.15, -0.1) is 0 Å². The van der Waals surface area contributed by atoms with Gasteiger partial charge in [0.25, 0.3) is 0 Å². The summed E-state index contributed by atoms with van der Waals surface area (Å²) in [6.07, 6.45) is -0.437. The SMILES string of the molecule is CC(F)c1c(Cl)cccc1CC(C)(C)N. The molecule has 0 heterocycles. The summed E-state index contributed by atoms with van der Waals surface area (Å²) in [5.74, 6) is 0. The van der Waals surface area contributed by atoms with Crippen LogP contribution in [-0.2, 0) is 6.42 Å². The van der Waals surface area contributed by atoms with Crippen LogP contribution < -0.4 is 5.73 Å². The highest BCUT2D eigenvalue weighted by Gasteiger charge is 2.18. The fourth-order valence-electron chi connectivity index (χ4n) is 1.67. The Morgan fingerprint density at radius 1 is 1.47 bits per heavy atom. The second-order valence-electron chi connectivity index (χ2n) is 4.59. The molecular weight excluding hydrogens is 213 g/mol. The van der Waals surface area contributed by atoms with Gasteiger partial charge in [0.1, 0.15) is 6.17 Å². The molecule has 0 aliphatic carbocycles. The lowest BCUT2D eigenvalue weighted by Gasteiger charge is -2.21. The number of alkyl halides is 1. The second-order valence-corrected chi connectivity index (χ2v) is 5.00. The van der Waals surface area contributed by atoms with Crippen LogP contribution in [-0.4, -0.2) is 5.54 Å². The second kappa shape index (κ2) is 4.50. The highest BCUT2D eigenvalue weighted by atomic mass is 35.5. The molecule has 3 heteroatoms. The minimum Gasteiger partial charge on any atom is -0.325 e. The summed E-state index contributed by atoms with van der Waals surface area (Å²) >= 11 is 5.97. The summed E-state index contributed by atoms with van der Waals surface area (Å²) in [6.45, 7) is 5.33. The van der Waals surface area contributed by atoms with E-state index < -0.39 is 6.17 Å². The topological polar surface area (TPSA) is 26.0 Å². The lowest BCUT2D eigenvalue weighted by Crippen LogP contribution is -2.34. The molecule has 0 saturated carbocycles. The average molecular weight is 230 g/mol. The molecule has 1 nitrogen and oxygen atoms in total. The summed E-state index contributed by atoms with van der Waals surface area (Å²) in [5, 5.41) is 0.478. The number of benzene rings is 1. The minimum atomic E-state index is -1.06. The normalized spacial score (nSPS) is 14.0. The fourth-order valence-corrected chi connectivity index (χ4v) is 2.02. The van der Waals surface area contributed by atoms with Crippen LogP contribution in [0.3, 0.4) is 0 Å². The Morgan fingerprint density at radius 2 is 2.07 bits per heavy atom. The van der Waals surface area contributed by atoms with E-state index >= 15 is 0 Å². The first-order valence-electron chi connectivity index (χ1n) is 5.01. The maximum atomic E-state index is 13.4. The average Bonchev–Trinajstić information content (AvgIpc) is 1.99. The quantitative estimate of drug-likeness (QED) is 0.841. The van der Waals surface area contributed by atoms with Gasteiger partial charge in [-0.3, -0.25) is 0 Å². The lowest BCUT2D eigenvalue weighted by molar-refractivity contribution is 0.369. The zero-order chi connectivity index (χ0) is 11.6. The number of rotatable bonds is 3. The highest BCUT2D eigenvalue weighted by molar-refractivity contribution is 6.31. The molecule has 1 unspecified atom stereocenters. The van der Waals surface area contributed by atoms with Crippen molar-refractivity contribution in [1.82, 2.24) is 0 Å². The van der Waals surface area contributed by atoms with Gasteiger partial charge in [-0.1, -0.05) is 23.7 Å². The van der Waals surface area contributed by atoms with Gasteiger partial charge in [0, 0.05) is 16.1 Å². The van der Waals surface area contributed by atoms with Crippen molar-refractivity contribution >= 4 is 11.6 Å². The van der Waals surface area contributed by atoms with E-state index in [4.69, 9.17) is 17.3 Å². The number of hydrogen-bond acceptors (Lipinski definition) is 1. The Balaban J connectivity index is 3.12. The molecule has 1 aromatic rings. The van der Waals surface area contributed by atoms with Crippen LogP contribution in [0.2, 0.25) is 5.02 Å². The largest absolute Gasteiger partial charge is 0.325 e. The van der Waals surface area contributed by atoms with Gasteiger partial charge in [-0.25, -0.2) is 4.39 Å². The first kappa shape index (κ1) is 12.5. The van der Waals surface area contributed by atoms with Gasteiger partial charge >= 0.3 is 0 Å². The summed E-state index contributed by atoms with van der Waals surface area (Å²) in [6, 6.07) is 5.42. The van der Waals surface area contributed by atoms with Crippen LogP contribution in [0.25, 0.3) is 0 Å². The molecule has 2 N–H and O–H groups in total. The third-order valence-electron chi connectivity index (χ3n) is 2.19. The molecule has 0 saturated heterocycles. The number of halogens is 2. The van der Waals surface area contributed by atoms with Crippen LogP contribution >= 0.6 is 11.6 Å². The van der Waals surface area contributed by atoms with E-state index in [0.717, 1.165) is 5.56 Å². The van der Waals surface area contributed by atoms with Crippen LogP contribution in [0, 0.1) is 0 Å². The first-order chi connectivity index (χ1) is 6.81.